The third-order valence-corrected chi connectivity index (χ3v) is 4.09. The second kappa shape index (κ2) is 5.52. The van der Waals surface area contributed by atoms with Gasteiger partial charge in [0.1, 0.15) is 5.75 Å². The van der Waals surface area contributed by atoms with Gasteiger partial charge in [-0.25, -0.2) is 0 Å². The Morgan fingerprint density at radius 2 is 1.91 bits per heavy atom. The van der Waals surface area contributed by atoms with Crippen molar-refractivity contribution in [1.29, 1.82) is 0 Å². The number of amides is 1. The summed E-state index contributed by atoms with van der Waals surface area (Å²) < 4.78 is 5.14. The molecule has 1 unspecified atom stereocenters. The van der Waals surface area contributed by atoms with Crippen LogP contribution in [0.15, 0.2) is 42.5 Å². The van der Waals surface area contributed by atoms with Crippen molar-refractivity contribution >= 4 is 17.4 Å². The van der Waals surface area contributed by atoms with Crippen LogP contribution >= 0.6 is 0 Å². The molecule has 3 rings (SSSR count). The Morgan fingerprint density at radius 3 is 2.57 bits per heavy atom. The Bertz CT molecular complexity index is 782. The van der Waals surface area contributed by atoms with E-state index >= 15 is 0 Å². The number of nitrogens with one attached hydrogen (secondary N) is 1. The van der Waals surface area contributed by atoms with Crippen molar-refractivity contribution in [3.8, 4) is 5.75 Å². The van der Waals surface area contributed by atoms with Gasteiger partial charge in [-0.1, -0.05) is 29.8 Å². The fourth-order valence-corrected chi connectivity index (χ4v) is 2.70. The zero-order chi connectivity index (χ0) is 16.6. The third-order valence-electron chi connectivity index (χ3n) is 4.09. The summed E-state index contributed by atoms with van der Waals surface area (Å²) in [4.78, 5) is 24.7. The standard InChI is InChI=1S/C18H17NO4/c1-11-3-5-12(6-4-11)16(20)10-18(22)14-9-13(23-2)7-8-15(14)19-17(18)21/h3-9,22H,10H2,1-2H3,(H,19,21). The molecule has 1 atom stereocenters. The molecule has 0 aromatic heterocycles. The average Bonchev–Trinajstić information content (AvgIpc) is 2.78. The minimum Gasteiger partial charge on any atom is -0.497 e. The Balaban J connectivity index is 1.94. The first-order valence-electron chi connectivity index (χ1n) is 7.26. The minimum atomic E-state index is -1.88. The van der Waals surface area contributed by atoms with Gasteiger partial charge in [-0.2, -0.15) is 0 Å². The number of anilines is 1. The van der Waals surface area contributed by atoms with Crippen LogP contribution < -0.4 is 10.1 Å². The van der Waals surface area contributed by atoms with Crippen LogP contribution in [0.1, 0.15) is 27.9 Å². The van der Waals surface area contributed by atoms with Crippen LogP contribution in [0.3, 0.4) is 0 Å². The van der Waals surface area contributed by atoms with E-state index in [0.29, 0.717) is 22.6 Å². The molecule has 2 aromatic rings. The molecule has 1 amide bonds. The van der Waals surface area contributed by atoms with E-state index in [1.54, 1.807) is 30.3 Å². The molecule has 118 valence electrons. The zero-order valence-corrected chi connectivity index (χ0v) is 12.9. The van der Waals surface area contributed by atoms with E-state index in [0.717, 1.165) is 5.56 Å². The van der Waals surface area contributed by atoms with Gasteiger partial charge in [-0.05, 0) is 25.1 Å². The van der Waals surface area contributed by atoms with E-state index in [2.05, 4.69) is 5.32 Å². The second-order valence-electron chi connectivity index (χ2n) is 5.69. The number of hydrogen-bond acceptors (Lipinski definition) is 4. The first-order chi connectivity index (χ1) is 10.9. The highest BCUT2D eigenvalue weighted by Crippen LogP contribution is 2.40. The van der Waals surface area contributed by atoms with E-state index in [-0.39, 0.29) is 12.2 Å². The van der Waals surface area contributed by atoms with Crippen molar-refractivity contribution in [2.45, 2.75) is 18.9 Å². The molecule has 1 aliphatic heterocycles. The van der Waals surface area contributed by atoms with Crippen LogP contribution in [0.5, 0.6) is 5.75 Å². The van der Waals surface area contributed by atoms with Crippen molar-refractivity contribution in [3.05, 3.63) is 59.2 Å². The van der Waals surface area contributed by atoms with Gasteiger partial charge < -0.3 is 15.2 Å². The number of Topliss-reactive ketones (excluding diaryl/α,β-unsaturated/α-hetero) is 1. The molecule has 0 saturated carbocycles. The molecule has 23 heavy (non-hydrogen) atoms. The van der Waals surface area contributed by atoms with Crippen molar-refractivity contribution in [2.75, 3.05) is 12.4 Å². The van der Waals surface area contributed by atoms with E-state index < -0.39 is 11.5 Å². The molecular weight excluding hydrogens is 294 g/mol. The number of ether oxygens (including phenoxy) is 1. The number of aryl methyl sites for hydroxylation is 1. The Hall–Kier alpha value is -2.66. The number of carbonyl (C=O) groups is 2. The molecule has 0 aliphatic carbocycles. The summed E-state index contributed by atoms with van der Waals surface area (Å²) in [5.41, 5.74) is 0.478. The Labute approximate surface area is 133 Å². The number of fused-ring (bicyclic) bond motifs is 1. The van der Waals surface area contributed by atoms with E-state index in [4.69, 9.17) is 4.74 Å². The number of ketones is 1. The largest absolute Gasteiger partial charge is 0.497 e. The smallest absolute Gasteiger partial charge is 0.261 e. The monoisotopic (exact) mass is 311 g/mol. The highest BCUT2D eigenvalue weighted by Gasteiger charge is 2.47. The van der Waals surface area contributed by atoms with Gasteiger partial charge in [0, 0.05) is 16.8 Å². The number of benzene rings is 2. The molecule has 5 nitrogen and oxygen atoms in total. The van der Waals surface area contributed by atoms with Gasteiger partial charge in [0.25, 0.3) is 5.91 Å². The van der Waals surface area contributed by atoms with Gasteiger partial charge in [-0.3, -0.25) is 9.59 Å². The SMILES string of the molecule is COc1ccc2c(c1)C(O)(CC(=O)c1ccc(C)cc1)C(=O)N2. The molecule has 0 spiro atoms. The lowest BCUT2D eigenvalue weighted by Crippen LogP contribution is -2.36. The fourth-order valence-electron chi connectivity index (χ4n) is 2.70. The summed E-state index contributed by atoms with van der Waals surface area (Å²) in [6, 6.07) is 12.0. The molecule has 2 N–H and O–H groups in total. The summed E-state index contributed by atoms with van der Waals surface area (Å²) in [6.45, 7) is 1.93. The summed E-state index contributed by atoms with van der Waals surface area (Å²) >= 11 is 0. The Kier molecular flexibility index (Phi) is 3.66. The van der Waals surface area contributed by atoms with Crippen LogP contribution in [-0.4, -0.2) is 23.9 Å². The predicted molar refractivity (Wildman–Crippen MR) is 85.6 cm³/mol. The van der Waals surface area contributed by atoms with Crippen LogP contribution in [0, 0.1) is 6.92 Å². The normalized spacial score (nSPS) is 19.2. The number of carbonyl (C=O) groups excluding carboxylic acids is 2. The van der Waals surface area contributed by atoms with Gasteiger partial charge in [-0.15, -0.1) is 0 Å². The van der Waals surface area contributed by atoms with Gasteiger partial charge in [0.2, 0.25) is 0 Å². The van der Waals surface area contributed by atoms with Crippen LogP contribution in [0.2, 0.25) is 0 Å². The highest BCUT2D eigenvalue weighted by atomic mass is 16.5. The van der Waals surface area contributed by atoms with E-state index in [1.165, 1.54) is 7.11 Å². The molecule has 1 aliphatic rings. The van der Waals surface area contributed by atoms with Crippen LogP contribution in [0.25, 0.3) is 0 Å². The summed E-state index contributed by atoms with van der Waals surface area (Å²) in [5, 5.41) is 13.4. The maximum absolute atomic E-state index is 12.5. The second-order valence-corrected chi connectivity index (χ2v) is 5.69. The van der Waals surface area contributed by atoms with E-state index in [1.807, 2.05) is 19.1 Å². The molecule has 0 fully saturated rings. The van der Waals surface area contributed by atoms with Crippen molar-refractivity contribution in [1.82, 2.24) is 0 Å². The summed E-state index contributed by atoms with van der Waals surface area (Å²) in [7, 11) is 1.50. The quantitative estimate of drug-likeness (QED) is 0.850. The van der Waals surface area contributed by atoms with Crippen LogP contribution in [-0.2, 0) is 10.4 Å². The molecule has 5 heteroatoms. The predicted octanol–water partition coefficient (Wildman–Crippen LogP) is 2.42. The highest BCUT2D eigenvalue weighted by molar-refractivity contribution is 6.09. The summed E-state index contributed by atoms with van der Waals surface area (Å²) in [6.07, 6.45) is -0.317. The van der Waals surface area contributed by atoms with Gasteiger partial charge in [0.05, 0.1) is 13.5 Å². The number of aliphatic hydroxyl groups is 1. The van der Waals surface area contributed by atoms with Crippen molar-refractivity contribution in [3.63, 3.8) is 0 Å². The molecule has 0 bridgehead atoms. The van der Waals surface area contributed by atoms with Gasteiger partial charge in [0.15, 0.2) is 11.4 Å². The average molecular weight is 311 g/mol. The summed E-state index contributed by atoms with van der Waals surface area (Å²) in [5.74, 6) is -0.374. The number of methoxy groups -OCH3 is 1. The lowest BCUT2D eigenvalue weighted by molar-refractivity contribution is -0.133. The fraction of sp³-hybridized carbons (Fsp3) is 0.222. The molecule has 0 saturated heterocycles. The van der Waals surface area contributed by atoms with Crippen molar-refractivity contribution in [2.24, 2.45) is 0 Å². The number of rotatable bonds is 4. The Morgan fingerprint density at radius 1 is 1.22 bits per heavy atom. The lowest BCUT2D eigenvalue weighted by atomic mass is 9.88. The maximum Gasteiger partial charge on any atom is 0.261 e. The molecule has 2 aromatic carbocycles. The van der Waals surface area contributed by atoms with Crippen molar-refractivity contribution < 1.29 is 19.4 Å². The first-order valence-corrected chi connectivity index (χ1v) is 7.26. The number of hydrogen-bond donors (Lipinski definition) is 2. The minimum absolute atomic E-state index is 0.293. The first kappa shape index (κ1) is 15.2. The topological polar surface area (TPSA) is 75.6 Å². The lowest BCUT2D eigenvalue weighted by Gasteiger charge is -2.20. The molecular formula is C18H17NO4. The zero-order valence-electron chi connectivity index (χ0n) is 12.9. The van der Waals surface area contributed by atoms with Gasteiger partial charge >= 0.3 is 0 Å². The van der Waals surface area contributed by atoms with Crippen LogP contribution in [0.4, 0.5) is 5.69 Å². The van der Waals surface area contributed by atoms with E-state index in [9.17, 15) is 14.7 Å². The molecule has 0 radical (unpaired) electrons. The molecule has 1 heterocycles. The third kappa shape index (κ3) is 2.59. The maximum atomic E-state index is 12.5.